The molecule has 3 heteroatoms. The van der Waals surface area contributed by atoms with Gasteiger partial charge in [0, 0.05) is 11.3 Å². The van der Waals surface area contributed by atoms with Gasteiger partial charge >= 0.3 is 0 Å². The van der Waals surface area contributed by atoms with Crippen molar-refractivity contribution >= 4 is 17.5 Å². The summed E-state index contributed by atoms with van der Waals surface area (Å²) in [4.78, 5) is 11.8. The summed E-state index contributed by atoms with van der Waals surface area (Å²) < 4.78 is 5.08. The highest BCUT2D eigenvalue weighted by Crippen LogP contribution is 2.12. The van der Waals surface area contributed by atoms with Crippen LogP contribution in [0.1, 0.15) is 16.1 Å². The fourth-order valence-corrected chi connectivity index (χ4v) is 1.36. The third kappa shape index (κ3) is 2.20. The van der Waals surface area contributed by atoms with E-state index in [1.54, 1.807) is 48.7 Å². The zero-order valence-corrected chi connectivity index (χ0v) is 8.59. The summed E-state index contributed by atoms with van der Waals surface area (Å²) in [6, 6.07) is 10.5. The van der Waals surface area contributed by atoms with Crippen LogP contribution in [0.25, 0.3) is 6.08 Å². The fraction of sp³-hybridized carbons (Fsp3) is 0. The molecule has 0 spiro atoms. The lowest BCUT2D eigenvalue weighted by molar-refractivity contribution is 0.104. The maximum absolute atomic E-state index is 11.8. The van der Waals surface area contributed by atoms with E-state index >= 15 is 0 Å². The molecular weight excluding hydrogens is 202 g/mol. The molecule has 0 radical (unpaired) electrons. The first-order chi connectivity index (χ1) is 7.77. The van der Waals surface area contributed by atoms with Crippen molar-refractivity contribution in [2.45, 2.75) is 0 Å². The van der Waals surface area contributed by atoms with Gasteiger partial charge in [0.05, 0.1) is 6.26 Å². The van der Waals surface area contributed by atoms with Crippen molar-refractivity contribution < 1.29 is 9.21 Å². The van der Waals surface area contributed by atoms with Crippen LogP contribution in [-0.4, -0.2) is 5.78 Å². The summed E-state index contributed by atoms with van der Waals surface area (Å²) in [6.45, 7) is 0. The van der Waals surface area contributed by atoms with E-state index in [-0.39, 0.29) is 5.78 Å². The summed E-state index contributed by atoms with van der Waals surface area (Å²) >= 11 is 0. The highest BCUT2D eigenvalue weighted by molar-refractivity contribution is 6.09. The van der Waals surface area contributed by atoms with Crippen LogP contribution in [-0.2, 0) is 0 Å². The number of hydrogen-bond donors (Lipinski definition) is 1. The number of anilines is 1. The van der Waals surface area contributed by atoms with Crippen LogP contribution in [0.15, 0.2) is 53.2 Å². The smallest absolute Gasteiger partial charge is 0.188 e. The van der Waals surface area contributed by atoms with Crippen molar-refractivity contribution in [2.75, 3.05) is 5.73 Å². The number of rotatable bonds is 3. The number of furan rings is 1. The Kier molecular flexibility index (Phi) is 2.87. The van der Waals surface area contributed by atoms with Crippen LogP contribution in [0.3, 0.4) is 0 Å². The molecule has 2 aromatic rings. The van der Waals surface area contributed by atoms with Crippen LogP contribution in [0.4, 0.5) is 5.69 Å². The lowest BCUT2D eigenvalue weighted by Gasteiger charge is -1.99. The first kappa shape index (κ1) is 10.2. The highest BCUT2D eigenvalue weighted by Gasteiger charge is 2.04. The van der Waals surface area contributed by atoms with Crippen molar-refractivity contribution in [3.63, 3.8) is 0 Å². The van der Waals surface area contributed by atoms with Gasteiger partial charge in [0.15, 0.2) is 5.78 Å². The Morgan fingerprint density at radius 2 is 2.00 bits per heavy atom. The van der Waals surface area contributed by atoms with Crippen LogP contribution >= 0.6 is 0 Å². The maximum Gasteiger partial charge on any atom is 0.188 e. The number of ketones is 1. The molecule has 1 aromatic heterocycles. The average Bonchev–Trinajstić information content (AvgIpc) is 2.79. The van der Waals surface area contributed by atoms with E-state index < -0.39 is 0 Å². The lowest BCUT2D eigenvalue weighted by Crippen LogP contribution is -1.99. The van der Waals surface area contributed by atoms with E-state index in [0.29, 0.717) is 17.0 Å². The molecule has 3 nitrogen and oxygen atoms in total. The number of nitrogens with two attached hydrogens (primary N) is 1. The zero-order valence-electron chi connectivity index (χ0n) is 8.59. The average molecular weight is 213 g/mol. The Bertz CT molecular complexity index is 512. The van der Waals surface area contributed by atoms with Gasteiger partial charge in [0.1, 0.15) is 5.76 Å². The zero-order chi connectivity index (χ0) is 11.4. The van der Waals surface area contributed by atoms with Gasteiger partial charge < -0.3 is 10.2 Å². The third-order valence-electron chi connectivity index (χ3n) is 2.17. The normalized spacial score (nSPS) is 10.8. The van der Waals surface area contributed by atoms with E-state index in [4.69, 9.17) is 10.2 Å². The molecular formula is C13H11NO2. The van der Waals surface area contributed by atoms with E-state index in [9.17, 15) is 4.79 Å². The molecule has 80 valence electrons. The summed E-state index contributed by atoms with van der Waals surface area (Å²) in [5.41, 5.74) is 6.68. The van der Waals surface area contributed by atoms with Gasteiger partial charge in [0.2, 0.25) is 0 Å². The third-order valence-corrected chi connectivity index (χ3v) is 2.17. The van der Waals surface area contributed by atoms with E-state index in [1.165, 1.54) is 6.08 Å². The van der Waals surface area contributed by atoms with Gasteiger partial charge in [-0.3, -0.25) is 4.79 Å². The number of nitrogen functional groups attached to an aromatic ring is 1. The Hall–Kier alpha value is -2.29. The van der Waals surface area contributed by atoms with Crippen LogP contribution in [0.5, 0.6) is 0 Å². The topological polar surface area (TPSA) is 56.2 Å². The molecule has 0 aliphatic heterocycles. The molecule has 2 N–H and O–H groups in total. The van der Waals surface area contributed by atoms with E-state index in [2.05, 4.69) is 0 Å². The summed E-state index contributed by atoms with van der Waals surface area (Å²) in [5, 5.41) is 0. The fourth-order valence-electron chi connectivity index (χ4n) is 1.36. The number of para-hydroxylation sites is 1. The largest absolute Gasteiger partial charge is 0.465 e. The summed E-state index contributed by atoms with van der Waals surface area (Å²) in [5.74, 6) is 0.511. The van der Waals surface area contributed by atoms with Gasteiger partial charge in [0.25, 0.3) is 0 Å². The summed E-state index contributed by atoms with van der Waals surface area (Å²) in [7, 11) is 0. The Labute approximate surface area is 93.2 Å². The van der Waals surface area contributed by atoms with Crippen LogP contribution in [0, 0.1) is 0 Å². The lowest BCUT2D eigenvalue weighted by atomic mass is 10.1. The van der Waals surface area contributed by atoms with Crippen LogP contribution in [0.2, 0.25) is 0 Å². The standard InChI is InChI=1S/C13H11NO2/c14-12-6-2-1-5-11(12)13(15)8-7-10-4-3-9-16-10/h1-9H,14H2/b8-7+. The molecule has 16 heavy (non-hydrogen) atoms. The van der Waals surface area contributed by atoms with Gasteiger partial charge in [-0.15, -0.1) is 0 Å². The quantitative estimate of drug-likeness (QED) is 0.484. The minimum Gasteiger partial charge on any atom is -0.465 e. The molecule has 1 aromatic carbocycles. The monoisotopic (exact) mass is 213 g/mol. The molecule has 0 aliphatic rings. The predicted octanol–water partition coefficient (Wildman–Crippen LogP) is 2.76. The Morgan fingerprint density at radius 1 is 1.19 bits per heavy atom. The number of carbonyl (C=O) groups is 1. The molecule has 0 saturated heterocycles. The van der Waals surface area contributed by atoms with Crippen molar-refractivity contribution in [2.24, 2.45) is 0 Å². The molecule has 0 amide bonds. The number of allylic oxidation sites excluding steroid dienone is 1. The number of hydrogen-bond acceptors (Lipinski definition) is 3. The second-order valence-electron chi connectivity index (χ2n) is 3.30. The molecule has 2 rings (SSSR count). The first-order valence-corrected chi connectivity index (χ1v) is 4.88. The summed E-state index contributed by atoms with van der Waals surface area (Å²) in [6.07, 6.45) is 4.63. The second kappa shape index (κ2) is 4.49. The molecule has 0 saturated carbocycles. The number of carbonyl (C=O) groups excluding carboxylic acids is 1. The molecule has 0 unspecified atom stereocenters. The molecule has 1 heterocycles. The van der Waals surface area contributed by atoms with E-state index in [1.807, 2.05) is 0 Å². The van der Waals surface area contributed by atoms with Crippen molar-refractivity contribution in [3.8, 4) is 0 Å². The maximum atomic E-state index is 11.8. The van der Waals surface area contributed by atoms with Crippen molar-refractivity contribution in [3.05, 3.63) is 60.1 Å². The van der Waals surface area contributed by atoms with Crippen molar-refractivity contribution in [1.82, 2.24) is 0 Å². The molecule has 0 atom stereocenters. The molecule has 0 bridgehead atoms. The van der Waals surface area contributed by atoms with Crippen LogP contribution < -0.4 is 5.73 Å². The Balaban J connectivity index is 2.18. The SMILES string of the molecule is Nc1ccccc1C(=O)/C=C/c1ccco1. The molecule has 0 fully saturated rings. The number of benzene rings is 1. The van der Waals surface area contributed by atoms with Crippen molar-refractivity contribution in [1.29, 1.82) is 0 Å². The van der Waals surface area contributed by atoms with Gasteiger partial charge in [-0.25, -0.2) is 0 Å². The van der Waals surface area contributed by atoms with Gasteiger partial charge in [-0.2, -0.15) is 0 Å². The minimum absolute atomic E-state index is 0.130. The highest BCUT2D eigenvalue weighted by atomic mass is 16.3. The second-order valence-corrected chi connectivity index (χ2v) is 3.30. The van der Waals surface area contributed by atoms with Gasteiger partial charge in [-0.05, 0) is 36.4 Å². The van der Waals surface area contributed by atoms with Gasteiger partial charge in [-0.1, -0.05) is 12.1 Å². The Morgan fingerprint density at radius 3 is 2.69 bits per heavy atom. The molecule has 0 aliphatic carbocycles. The first-order valence-electron chi connectivity index (χ1n) is 4.88. The minimum atomic E-state index is -0.130. The van der Waals surface area contributed by atoms with E-state index in [0.717, 1.165) is 0 Å². The predicted molar refractivity (Wildman–Crippen MR) is 62.9 cm³/mol.